The number of benzene rings is 2. The van der Waals surface area contributed by atoms with Gasteiger partial charge in [0.05, 0.1) is 5.69 Å². The highest BCUT2D eigenvalue weighted by Crippen LogP contribution is 2.28. The van der Waals surface area contributed by atoms with Crippen LogP contribution >= 0.6 is 43.5 Å². The van der Waals surface area contributed by atoms with Crippen molar-refractivity contribution in [1.82, 2.24) is 0 Å². The van der Waals surface area contributed by atoms with Gasteiger partial charge in [-0.25, -0.2) is 12.8 Å². The molecule has 0 aliphatic heterocycles. The molecule has 2 aromatic carbocycles. The van der Waals surface area contributed by atoms with E-state index in [4.69, 9.17) is 11.6 Å². The third-order valence-electron chi connectivity index (χ3n) is 2.36. The van der Waals surface area contributed by atoms with Crippen molar-refractivity contribution in [1.29, 1.82) is 0 Å². The predicted octanol–water partition coefficient (Wildman–Crippen LogP) is 4.80. The molecule has 20 heavy (non-hydrogen) atoms. The maximum Gasteiger partial charge on any atom is 0.263 e. The minimum atomic E-state index is -3.93. The lowest BCUT2D eigenvalue weighted by molar-refractivity contribution is 0.598. The van der Waals surface area contributed by atoms with Crippen LogP contribution in [0.3, 0.4) is 0 Å². The van der Waals surface area contributed by atoms with E-state index in [0.717, 1.165) is 6.07 Å². The molecule has 2 rings (SSSR count). The summed E-state index contributed by atoms with van der Waals surface area (Å²) in [6, 6.07) is 8.31. The van der Waals surface area contributed by atoms with Crippen molar-refractivity contribution in [2.45, 2.75) is 4.90 Å². The molecule has 0 aliphatic carbocycles. The standard InChI is InChI=1S/C12H7Br2ClFNO2S/c13-7-1-3-9(14)12(5-7)20(18,19)17-11-6-8(15)2-4-10(11)16/h1-6,17H. The van der Waals surface area contributed by atoms with Crippen molar-refractivity contribution in [3.05, 3.63) is 56.2 Å². The molecule has 3 nitrogen and oxygen atoms in total. The SMILES string of the molecule is O=S(=O)(Nc1cc(Cl)ccc1F)c1cc(Br)ccc1Br. The molecule has 0 atom stereocenters. The van der Waals surface area contributed by atoms with E-state index in [2.05, 4.69) is 36.6 Å². The molecule has 106 valence electrons. The lowest BCUT2D eigenvalue weighted by atomic mass is 10.3. The number of sulfonamides is 1. The highest BCUT2D eigenvalue weighted by molar-refractivity contribution is 9.11. The number of rotatable bonds is 3. The van der Waals surface area contributed by atoms with E-state index in [0.29, 0.717) is 8.95 Å². The summed E-state index contributed by atoms with van der Waals surface area (Å²) in [6.07, 6.45) is 0. The Bertz CT molecular complexity index is 768. The zero-order valence-electron chi connectivity index (χ0n) is 9.70. The van der Waals surface area contributed by atoms with Gasteiger partial charge in [0.2, 0.25) is 0 Å². The largest absolute Gasteiger partial charge is 0.277 e. The molecule has 0 radical (unpaired) electrons. The molecule has 0 unspecified atom stereocenters. The first kappa shape index (κ1) is 15.8. The second-order valence-corrected chi connectivity index (χ2v) is 7.66. The molecule has 0 spiro atoms. The zero-order chi connectivity index (χ0) is 14.9. The Labute approximate surface area is 137 Å². The third kappa shape index (κ3) is 3.52. The Morgan fingerprint density at radius 3 is 2.50 bits per heavy atom. The lowest BCUT2D eigenvalue weighted by Gasteiger charge is -2.11. The van der Waals surface area contributed by atoms with Crippen LogP contribution in [-0.4, -0.2) is 8.42 Å². The lowest BCUT2D eigenvalue weighted by Crippen LogP contribution is -2.14. The number of hydrogen-bond donors (Lipinski definition) is 1. The molecular formula is C12H7Br2ClFNO2S. The summed E-state index contributed by atoms with van der Waals surface area (Å²) in [5, 5.41) is 0.234. The topological polar surface area (TPSA) is 46.2 Å². The molecule has 1 N–H and O–H groups in total. The smallest absolute Gasteiger partial charge is 0.263 e. The second-order valence-electron chi connectivity index (χ2n) is 3.80. The van der Waals surface area contributed by atoms with Crippen LogP contribution in [0.4, 0.5) is 10.1 Å². The first-order valence-electron chi connectivity index (χ1n) is 5.22. The van der Waals surface area contributed by atoms with Gasteiger partial charge in [0, 0.05) is 14.0 Å². The van der Waals surface area contributed by atoms with Crippen LogP contribution in [0.2, 0.25) is 5.02 Å². The predicted molar refractivity (Wildman–Crippen MR) is 84.1 cm³/mol. The van der Waals surface area contributed by atoms with E-state index >= 15 is 0 Å². The number of nitrogens with one attached hydrogen (secondary N) is 1. The maximum absolute atomic E-state index is 13.6. The zero-order valence-corrected chi connectivity index (χ0v) is 14.4. The highest BCUT2D eigenvalue weighted by Gasteiger charge is 2.20. The van der Waals surface area contributed by atoms with E-state index in [-0.39, 0.29) is 15.6 Å². The van der Waals surface area contributed by atoms with E-state index in [1.807, 2.05) is 0 Å². The third-order valence-corrected chi connectivity index (χ3v) is 5.44. The average Bonchev–Trinajstić information content (AvgIpc) is 2.36. The van der Waals surface area contributed by atoms with Gasteiger partial charge in [-0.05, 0) is 52.3 Å². The summed E-state index contributed by atoms with van der Waals surface area (Å²) in [5.41, 5.74) is -0.204. The highest BCUT2D eigenvalue weighted by atomic mass is 79.9. The quantitative estimate of drug-likeness (QED) is 0.741. The van der Waals surface area contributed by atoms with Crippen molar-refractivity contribution in [3.63, 3.8) is 0 Å². The molecule has 0 aliphatic rings. The van der Waals surface area contributed by atoms with E-state index in [9.17, 15) is 12.8 Å². The van der Waals surface area contributed by atoms with Crippen molar-refractivity contribution >= 4 is 59.2 Å². The van der Waals surface area contributed by atoms with Gasteiger partial charge in [-0.1, -0.05) is 27.5 Å². The van der Waals surface area contributed by atoms with Crippen LogP contribution in [0.25, 0.3) is 0 Å². The van der Waals surface area contributed by atoms with Gasteiger partial charge < -0.3 is 0 Å². The first-order valence-corrected chi connectivity index (χ1v) is 8.67. The fourth-order valence-electron chi connectivity index (χ4n) is 1.46. The first-order chi connectivity index (χ1) is 9.29. The molecule has 2 aromatic rings. The molecule has 0 saturated heterocycles. The summed E-state index contributed by atoms with van der Waals surface area (Å²) >= 11 is 12.1. The van der Waals surface area contributed by atoms with Gasteiger partial charge >= 0.3 is 0 Å². The molecule has 8 heteroatoms. The Morgan fingerprint density at radius 1 is 1.10 bits per heavy atom. The number of hydrogen-bond acceptors (Lipinski definition) is 2. The molecule has 0 fully saturated rings. The minimum Gasteiger partial charge on any atom is -0.277 e. The van der Waals surface area contributed by atoms with Crippen LogP contribution in [0.1, 0.15) is 0 Å². The Hall–Kier alpha value is -0.630. The van der Waals surface area contributed by atoms with E-state index in [1.54, 1.807) is 12.1 Å². The number of anilines is 1. The Balaban J connectivity index is 2.46. The van der Waals surface area contributed by atoms with Crippen molar-refractivity contribution in [3.8, 4) is 0 Å². The fourth-order valence-corrected chi connectivity index (χ4v) is 4.19. The van der Waals surface area contributed by atoms with Gasteiger partial charge in [-0.3, -0.25) is 4.72 Å². The summed E-state index contributed by atoms with van der Waals surface area (Å²) in [4.78, 5) is -0.00810. The molecule has 0 heterocycles. The van der Waals surface area contributed by atoms with Gasteiger partial charge in [0.1, 0.15) is 10.7 Å². The number of halogens is 4. The van der Waals surface area contributed by atoms with E-state index in [1.165, 1.54) is 18.2 Å². The van der Waals surface area contributed by atoms with Gasteiger partial charge in [-0.2, -0.15) is 0 Å². The van der Waals surface area contributed by atoms with Gasteiger partial charge in [-0.15, -0.1) is 0 Å². The van der Waals surface area contributed by atoms with Crippen molar-refractivity contribution in [2.75, 3.05) is 4.72 Å². The van der Waals surface area contributed by atoms with Crippen LogP contribution in [0, 0.1) is 5.82 Å². The minimum absolute atomic E-state index is 0.00810. The average molecular weight is 444 g/mol. The summed E-state index contributed by atoms with van der Waals surface area (Å²) < 4.78 is 41.3. The van der Waals surface area contributed by atoms with Gasteiger partial charge in [0.25, 0.3) is 10.0 Å². The summed E-state index contributed by atoms with van der Waals surface area (Å²) in [6.45, 7) is 0. The van der Waals surface area contributed by atoms with Crippen LogP contribution in [-0.2, 0) is 10.0 Å². The molecule has 0 amide bonds. The van der Waals surface area contributed by atoms with Crippen LogP contribution in [0.15, 0.2) is 50.2 Å². The monoisotopic (exact) mass is 441 g/mol. The van der Waals surface area contributed by atoms with E-state index < -0.39 is 15.8 Å². The van der Waals surface area contributed by atoms with Crippen LogP contribution in [0.5, 0.6) is 0 Å². The summed E-state index contributed by atoms with van der Waals surface area (Å²) in [5.74, 6) is -0.705. The maximum atomic E-state index is 13.6. The van der Waals surface area contributed by atoms with Crippen LogP contribution < -0.4 is 4.72 Å². The Morgan fingerprint density at radius 2 is 1.80 bits per heavy atom. The van der Waals surface area contributed by atoms with Crippen molar-refractivity contribution < 1.29 is 12.8 Å². The second kappa shape index (κ2) is 6.01. The molecule has 0 aromatic heterocycles. The molecular weight excluding hydrogens is 436 g/mol. The van der Waals surface area contributed by atoms with Crippen molar-refractivity contribution in [2.24, 2.45) is 0 Å². The van der Waals surface area contributed by atoms with Gasteiger partial charge in [0.15, 0.2) is 0 Å². The fraction of sp³-hybridized carbons (Fsp3) is 0. The normalized spacial score (nSPS) is 11.4. The summed E-state index contributed by atoms with van der Waals surface area (Å²) in [7, 11) is -3.93. The Kier molecular flexibility index (Phi) is 4.73. The molecule has 0 saturated carbocycles. The molecule has 0 bridgehead atoms.